The zero-order chi connectivity index (χ0) is 22.1. The van der Waals surface area contributed by atoms with Gasteiger partial charge in [-0.25, -0.2) is 0 Å². The van der Waals surface area contributed by atoms with Crippen molar-refractivity contribution in [3.05, 3.63) is 70.8 Å². The van der Waals surface area contributed by atoms with E-state index in [-0.39, 0.29) is 17.4 Å². The topological polar surface area (TPSA) is 60.9 Å². The van der Waals surface area contributed by atoms with Crippen LogP contribution in [0.5, 0.6) is 0 Å². The van der Waals surface area contributed by atoms with Crippen molar-refractivity contribution < 1.29 is 14.7 Å². The van der Waals surface area contributed by atoms with Crippen LogP contribution >= 0.6 is 0 Å². The number of carbonyl (C=O) groups is 2. The SMILES string of the molecule is Cc1ccc(/C(O)=C2/C(=O)C(=O)N(C3CCCCC3)C2c2ccc(N(C)C)cc2)cc1. The van der Waals surface area contributed by atoms with E-state index < -0.39 is 17.7 Å². The van der Waals surface area contributed by atoms with Crippen LogP contribution < -0.4 is 4.90 Å². The number of hydrogen-bond acceptors (Lipinski definition) is 4. The van der Waals surface area contributed by atoms with Crippen molar-refractivity contribution in [3.63, 3.8) is 0 Å². The third kappa shape index (κ3) is 3.97. The molecule has 4 rings (SSSR count). The van der Waals surface area contributed by atoms with Crippen molar-refractivity contribution in [2.24, 2.45) is 0 Å². The number of aliphatic hydroxyl groups is 1. The molecular formula is C26H30N2O3. The number of hydrogen-bond donors (Lipinski definition) is 1. The quantitative estimate of drug-likeness (QED) is 0.440. The van der Waals surface area contributed by atoms with Crippen LogP contribution in [0.2, 0.25) is 0 Å². The normalized spacial score (nSPS) is 21.5. The molecule has 1 saturated heterocycles. The number of likely N-dealkylation sites (tertiary alicyclic amines) is 1. The average Bonchev–Trinajstić information content (AvgIpc) is 3.05. The molecule has 2 aliphatic rings. The fourth-order valence-electron chi connectivity index (χ4n) is 4.73. The first-order valence-electron chi connectivity index (χ1n) is 11.0. The average molecular weight is 419 g/mol. The number of ketones is 1. The molecule has 1 aliphatic heterocycles. The molecule has 0 spiro atoms. The fraction of sp³-hybridized carbons (Fsp3) is 0.385. The minimum absolute atomic E-state index is 0.0204. The summed E-state index contributed by atoms with van der Waals surface area (Å²) < 4.78 is 0. The van der Waals surface area contributed by atoms with Gasteiger partial charge < -0.3 is 14.9 Å². The molecule has 1 N–H and O–H groups in total. The Balaban J connectivity index is 1.85. The van der Waals surface area contributed by atoms with Gasteiger partial charge in [0.1, 0.15) is 5.76 Å². The summed E-state index contributed by atoms with van der Waals surface area (Å²) in [5, 5.41) is 11.2. The predicted molar refractivity (Wildman–Crippen MR) is 123 cm³/mol. The molecule has 1 saturated carbocycles. The largest absolute Gasteiger partial charge is 0.507 e. The second kappa shape index (κ2) is 8.58. The number of amides is 1. The van der Waals surface area contributed by atoms with Gasteiger partial charge in [0.15, 0.2) is 0 Å². The van der Waals surface area contributed by atoms with Crippen molar-refractivity contribution in [1.82, 2.24) is 4.90 Å². The second-order valence-electron chi connectivity index (χ2n) is 8.85. The maximum Gasteiger partial charge on any atom is 0.295 e. The molecule has 0 aromatic heterocycles. The lowest BCUT2D eigenvalue weighted by molar-refractivity contribution is -0.141. The number of anilines is 1. The van der Waals surface area contributed by atoms with E-state index in [9.17, 15) is 14.7 Å². The van der Waals surface area contributed by atoms with Crippen LogP contribution in [0.1, 0.15) is 54.8 Å². The summed E-state index contributed by atoms with van der Waals surface area (Å²) in [4.78, 5) is 30.1. The fourth-order valence-corrected chi connectivity index (χ4v) is 4.73. The van der Waals surface area contributed by atoms with E-state index in [0.717, 1.165) is 48.9 Å². The van der Waals surface area contributed by atoms with E-state index in [1.54, 1.807) is 17.0 Å². The Morgan fingerprint density at radius 2 is 1.55 bits per heavy atom. The Bertz CT molecular complexity index is 1000. The van der Waals surface area contributed by atoms with Gasteiger partial charge in [-0.1, -0.05) is 61.2 Å². The minimum Gasteiger partial charge on any atom is -0.507 e. The molecule has 162 valence electrons. The van der Waals surface area contributed by atoms with Gasteiger partial charge >= 0.3 is 0 Å². The molecule has 5 nitrogen and oxygen atoms in total. The Hall–Kier alpha value is -3.08. The highest BCUT2D eigenvalue weighted by molar-refractivity contribution is 6.46. The summed E-state index contributed by atoms with van der Waals surface area (Å²) in [6.07, 6.45) is 5.05. The summed E-state index contributed by atoms with van der Waals surface area (Å²) in [6, 6.07) is 14.7. The van der Waals surface area contributed by atoms with Crippen molar-refractivity contribution in [2.75, 3.05) is 19.0 Å². The third-order valence-electron chi connectivity index (χ3n) is 6.50. The van der Waals surface area contributed by atoms with Gasteiger partial charge in [0.05, 0.1) is 11.6 Å². The number of benzene rings is 2. The van der Waals surface area contributed by atoms with E-state index in [4.69, 9.17) is 0 Å². The van der Waals surface area contributed by atoms with Crippen molar-refractivity contribution in [1.29, 1.82) is 0 Å². The molecule has 31 heavy (non-hydrogen) atoms. The van der Waals surface area contributed by atoms with E-state index in [0.29, 0.717) is 5.56 Å². The lowest BCUT2D eigenvalue weighted by atomic mass is 9.91. The Morgan fingerprint density at radius 1 is 0.935 bits per heavy atom. The van der Waals surface area contributed by atoms with Gasteiger partial charge in [0.25, 0.3) is 11.7 Å². The van der Waals surface area contributed by atoms with Gasteiger partial charge in [-0.05, 0) is 37.5 Å². The van der Waals surface area contributed by atoms with Crippen LogP contribution in [-0.4, -0.2) is 41.8 Å². The highest BCUT2D eigenvalue weighted by atomic mass is 16.3. The molecule has 1 heterocycles. The van der Waals surface area contributed by atoms with E-state index in [2.05, 4.69) is 0 Å². The first-order chi connectivity index (χ1) is 14.9. The van der Waals surface area contributed by atoms with Crippen LogP contribution in [0, 0.1) is 6.92 Å². The number of nitrogens with zero attached hydrogens (tertiary/aromatic N) is 2. The molecule has 1 unspecified atom stereocenters. The highest BCUT2D eigenvalue weighted by Crippen LogP contribution is 2.43. The van der Waals surface area contributed by atoms with Gasteiger partial charge in [0, 0.05) is 31.4 Å². The molecule has 2 aromatic carbocycles. The number of Topliss-reactive ketones (excluding diaryl/α,β-unsaturated/α-hetero) is 1. The van der Waals surface area contributed by atoms with E-state index in [1.807, 2.05) is 62.3 Å². The monoisotopic (exact) mass is 418 g/mol. The van der Waals surface area contributed by atoms with Crippen LogP contribution in [0.3, 0.4) is 0 Å². The van der Waals surface area contributed by atoms with Crippen molar-refractivity contribution >= 4 is 23.1 Å². The van der Waals surface area contributed by atoms with Crippen LogP contribution in [0.25, 0.3) is 5.76 Å². The summed E-state index contributed by atoms with van der Waals surface area (Å²) in [5.41, 5.74) is 3.70. The predicted octanol–water partition coefficient (Wildman–Crippen LogP) is 4.82. The second-order valence-corrected chi connectivity index (χ2v) is 8.85. The summed E-state index contributed by atoms with van der Waals surface area (Å²) in [7, 11) is 3.95. The molecule has 1 aliphatic carbocycles. The highest BCUT2D eigenvalue weighted by Gasteiger charge is 2.48. The smallest absolute Gasteiger partial charge is 0.295 e. The van der Waals surface area contributed by atoms with Crippen LogP contribution in [0.15, 0.2) is 54.1 Å². The maximum absolute atomic E-state index is 13.2. The van der Waals surface area contributed by atoms with Crippen LogP contribution in [0.4, 0.5) is 5.69 Å². The molecule has 0 bridgehead atoms. The molecular weight excluding hydrogens is 388 g/mol. The van der Waals surface area contributed by atoms with Gasteiger partial charge in [0.2, 0.25) is 0 Å². The number of aliphatic hydroxyl groups excluding tert-OH is 1. The van der Waals surface area contributed by atoms with E-state index in [1.165, 1.54) is 0 Å². The molecule has 1 atom stereocenters. The summed E-state index contributed by atoms with van der Waals surface area (Å²) >= 11 is 0. The molecule has 1 amide bonds. The molecule has 5 heteroatoms. The summed E-state index contributed by atoms with van der Waals surface area (Å²) in [5.74, 6) is -1.19. The number of carbonyl (C=O) groups excluding carboxylic acids is 2. The first-order valence-corrected chi connectivity index (χ1v) is 11.0. The minimum atomic E-state index is -0.592. The Kier molecular flexibility index (Phi) is 5.86. The van der Waals surface area contributed by atoms with Gasteiger partial charge in [-0.3, -0.25) is 9.59 Å². The van der Waals surface area contributed by atoms with E-state index >= 15 is 0 Å². The lowest BCUT2D eigenvalue weighted by Gasteiger charge is -2.35. The van der Waals surface area contributed by atoms with Crippen LogP contribution in [-0.2, 0) is 9.59 Å². The Labute approximate surface area is 184 Å². The lowest BCUT2D eigenvalue weighted by Crippen LogP contribution is -2.40. The number of aryl methyl sites for hydroxylation is 1. The summed E-state index contributed by atoms with van der Waals surface area (Å²) in [6.45, 7) is 1.97. The zero-order valence-corrected chi connectivity index (χ0v) is 18.5. The molecule has 2 aromatic rings. The Morgan fingerprint density at radius 3 is 2.13 bits per heavy atom. The molecule has 0 radical (unpaired) electrons. The van der Waals surface area contributed by atoms with Crippen molar-refractivity contribution in [2.45, 2.75) is 51.1 Å². The molecule has 2 fully saturated rings. The van der Waals surface area contributed by atoms with Crippen molar-refractivity contribution in [3.8, 4) is 0 Å². The maximum atomic E-state index is 13.2. The number of rotatable bonds is 4. The first kappa shape index (κ1) is 21.2. The zero-order valence-electron chi connectivity index (χ0n) is 18.5. The van der Waals surface area contributed by atoms with Gasteiger partial charge in [-0.2, -0.15) is 0 Å². The van der Waals surface area contributed by atoms with Gasteiger partial charge in [-0.15, -0.1) is 0 Å². The third-order valence-corrected chi connectivity index (χ3v) is 6.50. The standard InChI is InChI=1S/C26H30N2O3/c1-17-9-11-19(12-10-17)24(29)22-23(18-13-15-20(16-14-18)27(2)3)28(26(31)25(22)30)21-7-5-4-6-8-21/h9-16,21,23,29H,4-8H2,1-3H3/b24-22-.